The van der Waals surface area contributed by atoms with Crippen molar-refractivity contribution in [3.8, 4) is 0 Å². The number of benzene rings is 2. The van der Waals surface area contributed by atoms with Crippen molar-refractivity contribution < 1.29 is 43.7 Å². The van der Waals surface area contributed by atoms with E-state index in [1.807, 2.05) is 0 Å². The summed E-state index contributed by atoms with van der Waals surface area (Å²) in [6, 6.07) is 7.90. The van der Waals surface area contributed by atoms with Crippen molar-refractivity contribution in [2.45, 2.75) is 69.4 Å². The van der Waals surface area contributed by atoms with E-state index in [2.05, 4.69) is 5.32 Å². The standard InChI is InChI=1S/C25H27F6NO4S/c1-16(18-12-20(24(26,27)28)14-21(13-18)25(29,30)31)22(33)32-23(10-4-3-5-11-23)19-8-6-17(7-9-19)15-36-37(2,34)35/h6-9,12-14,16H,3-5,10-11,15H2,1-2H3,(H,32,33)/t16-/m0/s1. The number of carbonyl (C=O) groups is 1. The summed E-state index contributed by atoms with van der Waals surface area (Å²) in [6.45, 7) is 1.10. The van der Waals surface area contributed by atoms with Gasteiger partial charge in [-0.1, -0.05) is 43.5 Å². The molecule has 2 aromatic carbocycles. The first-order valence-electron chi connectivity index (χ1n) is 11.6. The molecule has 204 valence electrons. The Bertz CT molecular complexity index is 1180. The molecule has 2 aromatic rings. The summed E-state index contributed by atoms with van der Waals surface area (Å²) in [5.41, 5.74) is -2.93. The monoisotopic (exact) mass is 551 g/mol. The van der Waals surface area contributed by atoms with E-state index < -0.39 is 51.0 Å². The van der Waals surface area contributed by atoms with Crippen LogP contribution in [0.15, 0.2) is 42.5 Å². The number of rotatable bonds is 7. The van der Waals surface area contributed by atoms with Crippen molar-refractivity contribution >= 4 is 16.0 Å². The van der Waals surface area contributed by atoms with Gasteiger partial charge in [0.1, 0.15) is 0 Å². The molecule has 0 aliphatic heterocycles. The van der Waals surface area contributed by atoms with Crippen molar-refractivity contribution in [2.75, 3.05) is 6.26 Å². The normalized spacial score (nSPS) is 17.3. The Labute approximate surface area is 211 Å². The van der Waals surface area contributed by atoms with Gasteiger partial charge in [-0.3, -0.25) is 8.98 Å². The number of hydrogen-bond acceptors (Lipinski definition) is 4. The second kappa shape index (κ2) is 10.6. The third-order valence-electron chi connectivity index (χ3n) is 6.52. The largest absolute Gasteiger partial charge is 0.416 e. The summed E-state index contributed by atoms with van der Waals surface area (Å²) < 4.78 is 107. The molecule has 1 saturated carbocycles. The van der Waals surface area contributed by atoms with Crippen molar-refractivity contribution in [1.82, 2.24) is 5.32 Å². The summed E-state index contributed by atoms with van der Waals surface area (Å²) in [6.07, 6.45) is -5.61. The van der Waals surface area contributed by atoms with Gasteiger partial charge in [0.05, 0.1) is 35.4 Å². The van der Waals surface area contributed by atoms with Gasteiger partial charge >= 0.3 is 12.4 Å². The first-order chi connectivity index (χ1) is 17.0. The van der Waals surface area contributed by atoms with E-state index in [-0.39, 0.29) is 18.2 Å². The fourth-order valence-corrected chi connectivity index (χ4v) is 4.81. The van der Waals surface area contributed by atoms with Crippen LogP contribution in [0.25, 0.3) is 0 Å². The van der Waals surface area contributed by atoms with E-state index in [4.69, 9.17) is 4.18 Å². The summed E-state index contributed by atoms with van der Waals surface area (Å²) in [5, 5.41) is 2.91. The Morgan fingerprint density at radius 3 is 1.92 bits per heavy atom. The van der Waals surface area contributed by atoms with Crippen molar-refractivity contribution in [2.24, 2.45) is 0 Å². The number of alkyl halides is 6. The Morgan fingerprint density at radius 1 is 0.946 bits per heavy atom. The van der Waals surface area contributed by atoms with E-state index in [0.717, 1.165) is 25.5 Å². The highest BCUT2D eigenvalue weighted by Gasteiger charge is 2.39. The van der Waals surface area contributed by atoms with Crippen molar-refractivity contribution in [3.63, 3.8) is 0 Å². The highest BCUT2D eigenvalue weighted by molar-refractivity contribution is 7.85. The number of hydrogen-bond donors (Lipinski definition) is 1. The average Bonchev–Trinajstić information content (AvgIpc) is 2.81. The predicted octanol–water partition coefficient (Wildman–Crippen LogP) is 6.28. The maximum Gasteiger partial charge on any atom is 0.416 e. The minimum absolute atomic E-state index is 0.0335. The number of halogens is 6. The van der Waals surface area contributed by atoms with Gasteiger partial charge in [0, 0.05) is 0 Å². The predicted molar refractivity (Wildman–Crippen MR) is 124 cm³/mol. The second-order valence-corrected chi connectivity index (χ2v) is 11.0. The molecule has 0 aromatic heterocycles. The highest BCUT2D eigenvalue weighted by atomic mass is 32.2. The Morgan fingerprint density at radius 2 is 1.46 bits per heavy atom. The third kappa shape index (κ3) is 7.47. The summed E-state index contributed by atoms with van der Waals surface area (Å²) in [7, 11) is -3.64. The van der Waals surface area contributed by atoms with Gasteiger partial charge < -0.3 is 5.32 Å². The molecule has 1 aliphatic rings. The molecule has 1 amide bonds. The zero-order chi connectivity index (χ0) is 27.6. The molecule has 5 nitrogen and oxygen atoms in total. The van der Waals surface area contributed by atoms with Crippen LogP contribution in [0.3, 0.4) is 0 Å². The van der Waals surface area contributed by atoms with Crippen LogP contribution in [0.5, 0.6) is 0 Å². The Hall–Kier alpha value is -2.60. The van der Waals surface area contributed by atoms with Crippen LogP contribution < -0.4 is 5.32 Å². The molecule has 0 heterocycles. The lowest BCUT2D eigenvalue weighted by atomic mass is 9.76. The van der Waals surface area contributed by atoms with Crippen LogP contribution in [0.1, 0.15) is 72.8 Å². The minimum Gasteiger partial charge on any atom is -0.346 e. The number of amides is 1. The lowest BCUT2D eigenvalue weighted by molar-refractivity contribution is -0.143. The number of nitrogens with one attached hydrogen (secondary N) is 1. The lowest BCUT2D eigenvalue weighted by Crippen LogP contribution is -2.48. The lowest BCUT2D eigenvalue weighted by Gasteiger charge is -2.39. The van der Waals surface area contributed by atoms with Gasteiger partial charge in [0.2, 0.25) is 5.91 Å². The Balaban J connectivity index is 1.90. The van der Waals surface area contributed by atoms with Crippen molar-refractivity contribution in [1.29, 1.82) is 0 Å². The maximum atomic E-state index is 13.3. The SMILES string of the molecule is C[C@H](C(=O)NC1(c2ccc(COS(C)(=O)=O)cc2)CCCCC1)c1cc(C(F)(F)F)cc(C(F)(F)F)c1. The molecular formula is C25H27F6NO4S. The van der Waals surface area contributed by atoms with E-state index in [1.54, 1.807) is 24.3 Å². The molecule has 37 heavy (non-hydrogen) atoms. The van der Waals surface area contributed by atoms with Crippen LogP contribution in [0.4, 0.5) is 26.3 Å². The maximum absolute atomic E-state index is 13.3. The number of carbonyl (C=O) groups excluding carboxylic acids is 1. The molecule has 0 radical (unpaired) electrons. The third-order valence-corrected chi connectivity index (χ3v) is 7.07. The van der Waals surface area contributed by atoms with E-state index in [9.17, 15) is 39.6 Å². The van der Waals surface area contributed by atoms with Gasteiger partial charge in [-0.15, -0.1) is 0 Å². The molecule has 12 heteroatoms. The van der Waals surface area contributed by atoms with Crippen molar-refractivity contribution in [3.05, 3.63) is 70.3 Å². The van der Waals surface area contributed by atoms with Gasteiger partial charge in [0.25, 0.3) is 10.1 Å². The van der Waals surface area contributed by atoms with E-state index >= 15 is 0 Å². The summed E-state index contributed by atoms with van der Waals surface area (Å²) in [5.74, 6) is -1.98. The molecule has 0 bridgehead atoms. The fourth-order valence-electron chi connectivity index (χ4n) is 4.46. The van der Waals surface area contributed by atoms with E-state index in [1.165, 1.54) is 6.92 Å². The molecule has 1 N–H and O–H groups in total. The van der Waals surface area contributed by atoms with Crippen LogP contribution in [-0.4, -0.2) is 20.6 Å². The highest BCUT2D eigenvalue weighted by Crippen LogP contribution is 2.40. The summed E-state index contributed by atoms with van der Waals surface area (Å²) in [4.78, 5) is 13.2. The first kappa shape index (κ1) is 29.0. The molecule has 1 fully saturated rings. The van der Waals surface area contributed by atoms with Gasteiger partial charge in [-0.25, -0.2) is 0 Å². The van der Waals surface area contributed by atoms with Gasteiger partial charge in [-0.05, 0) is 54.7 Å². The Kier molecular flexibility index (Phi) is 8.33. The minimum atomic E-state index is -5.01. The van der Waals surface area contributed by atoms with Gasteiger partial charge in [-0.2, -0.15) is 34.8 Å². The summed E-state index contributed by atoms with van der Waals surface area (Å²) >= 11 is 0. The molecule has 0 unspecified atom stereocenters. The zero-order valence-electron chi connectivity index (χ0n) is 20.2. The topological polar surface area (TPSA) is 72.5 Å². The molecule has 1 atom stereocenters. The van der Waals surface area contributed by atoms with Crippen LogP contribution in [0, 0.1) is 0 Å². The first-order valence-corrected chi connectivity index (χ1v) is 13.4. The average molecular weight is 552 g/mol. The zero-order valence-corrected chi connectivity index (χ0v) is 21.0. The smallest absolute Gasteiger partial charge is 0.346 e. The van der Waals surface area contributed by atoms with Gasteiger partial charge in [0.15, 0.2) is 0 Å². The molecular weight excluding hydrogens is 524 g/mol. The molecule has 3 rings (SSSR count). The molecule has 0 saturated heterocycles. The molecule has 1 aliphatic carbocycles. The van der Waals surface area contributed by atoms with Crippen LogP contribution in [0.2, 0.25) is 0 Å². The van der Waals surface area contributed by atoms with E-state index in [0.29, 0.717) is 36.1 Å². The second-order valence-electron chi connectivity index (χ2n) is 9.36. The van der Waals surface area contributed by atoms with Crippen LogP contribution >= 0.6 is 0 Å². The van der Waals surface area contributed by atoms with Crippen LogP contribution in [-0.2, 0) is 43.6 Å². The quantitative estimate of drug-likeness (QED) is 0.325. The molecule has 0 spiro atoms. The fraction of sp³-hybridized carbons (Fsp3) is 0.480.